The van der Waals surface area contributed by atoms with Gasteiger partial charge in [-0.1, -0.05) is 24.3 Å². The van der Waals surface area contributed by atoms with Crippen LogP contribution < -0.4 is 5.43 Å². The highest BCUT2D eigenvalue weighted by Gasteiger charge is 2.15. The highest BCUT2D eigenvalue weighted by Crippen LogP contribution is 2.34. The zero-order valence-electron chi connectivity index (χ0n) is 7.86. The largest absolute Gasteiger partial charge is 0.191 e. The van der Waals surface area contributed by atoms with Crippen molar-refractivity contribution in [2.75, 3.05) is 12.5 Å². The summed E-state index contributed by atoms with van der Waals surface area (Å²) in [5.41, 5.74) is 5.34. The zero-order valence-corrected chi connectivity index (χ0v) is 7.86. The lowest BCUT2D eigenvalue weighted by atomic mass is 10.1. The van der Waals surface area contributed by atoms with Crippen molar-refractivity contribution in [3.63, 3.8) is 0 Å². The summed E-state index contributed by atoms with van der Waals surface area (Å²) in [5, 5.41) is 6.81. The summed E-state index contributed by atoms with van der Waals surface area (Å²) < 4.78 is 0. The summed E-state index contributed by atoms with van der Waals surface area (Å²) in [4.78, 5) is 1.73. The van der Waals surface area contributed by atoms with Crippen molar-refractivity contribution >= 4 is 22.1 Å². The molecule has 1 aliphatic heterocycles. The molecule has 1 N–H and O–H groups in total. The summed E-state index contributed by atoms with van der Waals surface area (Å²) in [5.74, 6) is 0. The van der Waals surface area contributed by atoms with Gasteiger partial charge < -0.3 is 0 Å². The van der Waals surface area contributed by atoms with Crippen LogP contribution in [0.15, 0.2) is 41.5 Å². The second kappa shape index (κ2) is 2.54. The van der Waals surface area contributed by atoms with Gasteiger partial charge in [0, 0.05) is 10.5 Å². The molecule has 2 aromatic carbocycles. The molecule has 0 saturated carbocycles. The third-order valence-corrected chi connectivity index (χ3v) is 2.42. The van der Waals surface area contributed by atoms with E-state index < -0.39 is 0 Å². The Hall–Kier alpha value is -1.90. The number of hydrogen-bond donors (Lipinski definition) is 1. The van der Waals surface area contributed by atoms with Gasteiger partial charge in [0.2, 0.25) is 0 Å². The highest BCUT2D eigenvalue weighted by molar-refractivity contribution is 6.01. The number of benzene rings is 2. The van der Waals surface area contributed by atoms with Crippen LogP contribution in [0.5, 0.6) is 0 Å². The average Bonchev–Trinajstić information content (AvgIpc) is 2.18. The first-order valence-corrected chi connectivity index (χ1v) is 4.58. The maximum Gasteiger partial charge on any atom is 0.191 e. The molecule has 14 heavy (non-hydrogen) atoms. The molecule has 0 spiro atoms. The SMILES string of the molecule is C[N+]1=Nc2cccc3cccc(c23)N1. The van der Waals surface area contributed by atoms with Crippen molar-refractivity contribution in [2.24, 2.45) is 5.11 Å². The molecular weight excluding hydrogens is 174 g/mol. The molecule has 0 atom stereocenters. The van der Waals surface area contributed by atoms with Gasteiger partial charge in [-0.05, 0) is 22.3 Å². The first-order chi connectivity index (χ1) is 6.84. The van der Waals surface area contributed by atoms with Gasteiger partial charge in [-0.25, -0.2) is 0 Å². The minimum absolute atomic E-state index is 1.03. The smallest absolute Gasteiger partial charge is 0.141 e. The molecule has 0 amide bonds. The van der Waals surface area contributed by atoms with E-state index >= 15 is 0 Å². The topological polar surface area (TPSA) is 27.4 Å². The molecule has 3 heteroatoms. The van der Waals surface area contributed by atoms with Crippen LogP contribution in [0.2, 0.25) is 0 Å². The predicted molar refractivity (Wildman–Crippen MR) is 55.8 cm³/mol. The van der Waals surface area contributed by atoms with Crippen LogP contribution in [0.4, 0.5) is 11.4 Å². The average molecular weight is 184 g/mol. The van der Waals surface area contributed by atoms with Crippen LogP contribution >= 0.6 is 0 Å². The molecule has 0 radical (unpaired) electrons. The summed E-state index contributed by atoms with van der Waals surface area (Å²) in [6.45, 7) is 0. The molecule has 0 fully saturated rings. The van der Waals surface area contributed by atoms with E-state index in [2.05, 4.69) is 28.7 Å². The summed E-state index contributed by atoms with van der Waals surface area (Å²) in [7, 11) is 1.90. The van der Waals surface area contributed by atoms with Crippen molar-refractivity contribution < 1.29 is 4.81 Å². The van der Waals surface area contributed by atoms with Gasteiger partial charge in [-0.15, -0.1) is 5.43 Å². The van der Waals surface area contributed by atoms with E-state index in [1.807, 2.05) is 25.2 Å². The van der Waals surface area contributed by atoms with Gasteiger partial charge >= 0.3 is 0 Å². The van der Waals surface area contributed by atoms with Crippen LogP contribution in [0.3, 0.4) is 0 Å². The highest BCUT2D eigenvalue weighted by atomic mass is 15.5. The summed E-state index contributed by atoms with van der Waals surface area (Å²) in [6, 6.07) is 12.4. The Bertz CT molecular complexity index is 538. The Morgan fingerprint density at radius 3 is 2.79 bits per heavy atom. The molecule has 0 saturated heterocycles. The lowest BCUT2D eigenvalue weighted by Crippen LogP contribution is -2.14. The Kier molecular flexibility index (Phi) is 1.36. The Morgan fingerprint density at radius 1 is 1.14 bits per heavy atom. The van der Waals surface area contributed by atoms with Crippen LogP contribution in [0, 0.1) is 0 Å². The third kappa shape index (κ3) is 0.923. The lowest BCUT2D eigenvalue weighted by Gasteiger charge is -2.10. The van der Waals surface area contributed by atoms with E-state index in [1.165, 1.54) is 10.8 Å². The van der Waals surface area contributed by atoms with Crippen molar-refractivity contribution in [3.05, 3.63) is 36.4 Å². The maximum absolute atomic E-state index is 4.39. The van der Waals surface area contributed by atoms with E-state index in [1.54, 1.807) is 4.81 Å². The number of azo groups is 1. The number of nitrogens with zero attached hydrogens (tertiary/aromatic N) is 2. The molecule has 3 nitrogen and oxygen atoms in total. The van der Waals surface area contributed by atoms with E-state index in [-0.39, 0.29) is 0 Å². The predicted octanol–water partition coefficient (Wildman–Crippen LogP) is 2.91. The maximum atomic E-state index is 4.39. The molecule has 0 aliphatic carbocycles. The van der Waals surface area contributed by atoms with Crippen LogP contribution in [0.1, 0.15) is 0 Å². The molecule has 2 aromatic rings. The second-order valence-corrected chi connectivity index (χ2v) is 3.42. The van der Waals surface area contributed by atoms with Crippen molar-refractivity contribution in [1.29, 1.82) is 0 Å². The molecule has 0 bridgehead atoms. The molecule has 1 aliphatic rings. The molecular formula is C11H10N3+. The fourth-order valence-corrected chi connectivity index (χ4v) is 1.86. The first kappa shape index (κ1) is 7.50. The van der Waals surface area contributed by atoms with Crippen LogP contribution in [0.25, 0.3) is 10.8 Å². The quantitative estimate of drug-likeness (QED) is 0.626. The monoisotopic (exact) mass is 184 g/mol. The minimum atomic E-state index is 1.03. The number of rotatable bonds is 0. The van der Waals surface area contributed by atoms with Crippen molar-refractivity contribution in [1.82, 2.24) is 0 Å². The lowest BCUT2D eigenvalue weighted by molar-refractivity contribution is -0.531. The number of nitrogens with one attached hydrogen (secondary N) is 1. The van der Waals surface area contributed by atoms with Crippen molar-refractivity contribution in [3.8, 4) is 0 Å². The van der Waals surface area contributed by atoms with Crippen LogP contribution in [-0.4, -0.2) is 11.9 Å². The first-order valence-electron chi connectivity index (χ1n) is 4.58. The molecule has 1 heterocycles. The van der Waals surface area contributed by atoms with E-state index in [9.17, 15) is 0 Å². The van der Waals surface area contributed by atoms with Gasteiger partial charge in [-0.2, -0.15) is 0 Å². The van der Waals surface area contributed by atoms with E-state index in [0.29, 0.717) is 0 Å². The normalized spacial score (nSPS) is 13.6. The van der Waals surface area contributed by atoms with E-state index in [4.69, 9.17) is 0 Å². The Morgan fingerprint density at radius 2 is 1.93 bits per heavy atom. The van der Waals surface area contributed by atoms with Gasteiger partial charge in [-0.3, -0.25) is 0 Å². The molecule has 0 unspecified atom stereocenters. The second-order valence-electron chi connectivity index (χ2n) is 3.42. The Balaban J connectivity index is 2.50. The van der Waals surface area contributed by atoms with Crippen LogP contribution in [-0.2, 0) is 0 Å². The summed E-state index contributed by atoms with van der Waals surface area (Å²) >= 11 is 0. The van der Waals surface area contributed by atoms with E-state index in [0.717, 1.165) is 11.4 Å². The van der Waals surface area contributed by atoms with Gasteiger partial charge in [0.05, 0.1) is 0 Å². The van der Waals surface area contributed by atoms with Gasteiger partial charge in [0.25, 0.3) is 0 Å². The number of anilines is 1. The summed E-state index contributed by atoms with van der Waals surface area (Å²) in [6.07, 6.45) is 0. The van der Waals surface area contributed by atoms with Gasteiger partial charge in [0.1, 0.15) is 11.4 Å². The Labute approximate surface area is 81.6 Å². The molecule has 0 aromatic heterocycles. The van der Waals surface area contributed by atoms with Gasteiger partial charge in [0.15, 0.2) is 7.05 Å². The number of hydrogen-bond acceptors (Lipinski definition) is 2. The third-order valence-electron chi connectivity index (χ3n) is 2.42. The standard InChI is InChI=1S/C11H10N3/c1-14-12-9-6-2-4-8-5-3-7-10(13-14)11(8)9/h2-7H,1H3,(H,12,13)/q+1. The molecule has 3 rings (SSSR count). The number of hydrazine groups is 1. The fourth-order valence-electron chi connectivity index (χ4n) is 1.86. The zero-order chi connectivity index (χ0) is 9.54. The minimum Gasteiger partial charge on any atom is -0.141 e. The molecule has 68 valence electrons. The fraction of sp³-hybridized carbons (Fsp3) is 0.0909. The van der Waals surface area contributed by atoms with Crippen molar-refractivity contribution in [2.45, 2.75) is 0 Å².